The summed E-state index contributed by atoms with van der Waals surface area (Å²) in [6.07, 6.45) is 2.52. The van der Waals surface area contributed by atoms with Crippen LogP contribution < -0.4 is 5.32 Å². The third kappa shape index (κ3) is 4.50. The molecule has 0 atom stereocenters. The SMILES string of the molecule is CC#CC(=O)N(C)CCC(=O)NC1CC1. The second-order valence-electron chi connectivity index (χ2n) is 3.69. The number of hydrogen-bond donors (Lipinski definition) is 1. The molecule has 0 aromatic heterocycles. The van der Waals surface area contributed by atoms with Crippen LogP contribution in [0.25, 0.3) is 0 Å². The molecule has 4 nitrogen and oxygen atoms in total. The summed E-state index contributed by atoms with van der Waals surface area (Å²) in [6, 6.07) is 0.383. The Labute approximate surface area is 90.0 Å². The molecule has 1 N–H and O–H groups in total. The van der Waals surface area contributed by atoms with Gasteiger partial charge in [0.05, 0.1) is 0 Å². The molecule has 1 fully saturated rings. The summed E-state index contributed by atoms with van der Waals surface area (Å²) in [5.74, 6) is 4.74. The molecule has 0 saturated heterocycles. The lowest BCUT2D eigenvalue weighted by Gasteiger charge is -2.13. The highest BCUT2D eigenvalue weighted by atomic mass is 16.2. The number of amides is 2. The maximum absolute atomic E-state index is 11.3. The molecule has 1 aliphatic rings. The predicted octanol–water partition coefficient (Wildman–Crippen LogP) is 0.137. The molecule has 0 aromatic rings. The summed E-state index contributed by atoms with van der Waals surface area (Å²) in [7, 11) is 1.65. The van der Waals surface area contributed by atoms with Gasteiger partial charge in [-0.1, -0.05) is 5.92 Å². The van der Waals surface area contributed by atoms with Crippen LogP contribution in [0.2, 0.25) is 0 Å². The third-order valence-corrected chi connectivity index (χ3v) is 2.20. The standard InChI is InChI=1S/C11H16N2O2/c1-3-4-11(15)13(2)8-7-10(14)12-9-5-6-9/h9H,5-8H2,1-2H3,(H,12,14). The maximum atomic E-state index is 11.3. The second-order valence-corrected chi connectivity index (χ2v) is 3.69. The van der Waals surface area contributed by atoms with Gasteiger partial charge in [-0.3, -0.25) is 9.59 Å². The monoisotopic (exact) mass is 208 g/mol. The van der Waals surface area contributed by atoms with Crippen LogP contribution >= 0.6 is 0 Å². The number of hydrogen-bond acceptors (Lipinski definition) is 2. The first kappa shape index (κ1) is 11.6. The summed E-state index contributed by atoms with van der Waals surface area (Å²) in [6.45, 7) is 2.04. The van der Waals surface area contributed by atoms with Crippen LogP contribution in [0.5, 0.6) is 0 Å². The van der Waals surface area contributed by atoms with Crippen LogP contribution in [0.4, 0.5) is 0 Å². The van der Waals surface area contributed by atoms with Crippen molar-refractivity contribution in [1.82, 2.24) is 10.2 Å². The molecule has 4 heteroatoms. The summed E-state index contributed by atoms with van der Waals surface area (Å²) >= 11 is 0. The Morgan fingerprint density at radius 2 is 2.13 bits per heavy atom. The fourth-order valence-corrected chi connectivity index (χ4v) is 1.10. The van der Waals surface area contributed by atoms with Gasteiger partial charge in [0, 0.05) is 26.1 Å². The summed E-state index contributed by atoms with van der Waals surface area (Å²) in [5, 5.41) is 2.87. The van der Waals surface area contributed by atoms with Crippen LogP contribution in [-0.2, 0) is 9.59 Å². The first-order chi connectivity index (χ1) is 7.13. The van der Waals surface area contributed by atoms with Crippen molar-refractivity contribution < 1.29 is 9.59 Å². The fraction of sp³-hybridized carbons (Fsp3) is 0.636. The molecule has 1 saturated carbocycles. The fourth-order valence-electron chi connectivity index (χ4n) is 1.10. The van der Waals surface area contributed by atoms with Gasteiger partial charge in [0.25, 0.3) is 5.91 Å². The lowest BCUT2D eigenvalue weighted by Crippen LogP contribution is -2.32. The van der Waals surface area contributed by atoms with E-state index in [4.69, 9.17) is 0 Å². The van der Waals surface area contributed by atoms with Gasteiger partial charge in [0.1, 0.15) is 0 Å². The van der Waals surface area contributed by atoms with Crippen LogP contribution in [0.15, 0.2) is 0 Å². The predicted molar refractivity (Wildman–Crippen MR) is 56.9 cm³/mol. The Morgan fingerprint density at radius 3 is 2.67 bits per heavy atom. The van der Waals surface area contributed by atoms with Gasteiger partial charge < -0.3 is 10.2 Å². The van der Waals surface area contributed by atoms with Gasteiger partial charge in [0.2, 0.25) is 5.91 Å². The Balaban J connectivity index is 2.18. The Kier molecular flexibility index (Phi) is 4.17. The normalized spacial score (nSPS) is 13.7. The molecule has 1 aliphatic carbocycles. The summed E-state index contributed by atoms with van der Waals surface area (Å²) < 4.78 is 0. The van der Waals surface area contributed by atoms with Crippen molar-refractivity contribution in [3.63, 3.8) is 0 Å². The molecule has 0 radical (unpaired) electrons. The molecule has 15 heavy (non-hydrogen) atoms. The van der Waals surface area contributed by atoms with Crippen molar-refractivity contribution in [3.05, 3.63) is 0 Å². The van der Waals surface area contributed by atoms with E-state index < -0.39 is 0 Å². The molecule has 1 rings (SSSR count). The molecule has 0 heterocycles. The molecule has 0 bridgehead atoms. The quantitative estimate of drug-likeness (QED) is 0.668. The highest BCUT2D eigenvalue weighted by Crippen LogP contribution is 2.18. The highest BCUT2D eigenvalue weighted by Gasteiger charge is 2.23. The van der Waals surface area contributed by atoms with Crippen LogP contribution in [0.3, 0.4) is 0 Å². The molecule has 2 amide bonds. The van der Waals surface area contributed by atoms with E-state index in [0.717, 1.165) is 12.8 Å². The molecule has 0 spiro atoms. The summed E-state index contributed by atoms with van der Waals surface area (Å²) in [5.41, 5.74) is 0. The van der Waals surface area contributed by atoms with Crippen molar-refractivity contribution in [2.45, 2.75) is 32.2 Å². The van der Waals surface area contributed by atoms with Crippen molar-refractivity contribution >= 4 is 11.8 Å². The van der Waals surface area contributed by atoms with Crippen LogP contribution in [0, 0.1) is 11.8 Å². The Bertz CT molecular complexity index is 310. The molecule has 82 valence electrons. The van der Waals surface area contributed by atoms with Gasteiger partial charge in [-0.25, -0.2) is 0 Å². The minimum absolute atomic E-state index is 0.0154. The van der Waals surface area contributed by atoms with E-state index in [-0.39, 0.29) is 11.8 Å². The second kappa shape index (κ2) is 5.40. The molecule has 0 unspecified atom stereocenters. The largest absolute Gasteiger partial charge is 0.353 e. The Hall–Kier alpha value is -1.50. The molecule has 0 aliphatic heterocycles. The van der Waals surface area contributed by atoms with E-state index in [9.17, 15) is 9.59 Å². The van der Waals surface area contributed by atoms with Gasteiger partial charge >= 0.3 is 0 Å². The van der Waals surface area contributed by atoms with Gasteiger partial charge in [-0.2, -0.15) is 0 Å². The average molecular weight is 208 g/mol. The number of rotatable bonds is 4. The molecule has 0 aromatic carbocycles. The maximum Gasteiger partial charge on any atom is 0.298 e. The highest BCUT2D eigenvalue weighted by molar-refractivity contribution is 5.93. The first-order valence-electron chi connectivity index (χ1n) is 5.10. The van der Waals surface area contributed by atoms with Crippen LogP contribution in [0.1, 0.15) is 26.2 Å². The minimum Gasteiger partial charge on any atom is -0.353 e. The molecular formula is C11H16N2O2. The zero-order valence-corrected chi connectivity index (χ0v) is 9.17. The van der Waals surface area contributed by atoms with Crippen molar-refractivity contribution in [3.8, 4) is 11.8 Å². The van der Waals surface area contributed by atoms with E-state index in [0.29, 0.717) is 19.0 Å². The number of nitrogens with one attached hydrogen (secondary N) is 1. The zero-order chi connectivity index (χ0) is 11.3. The molecular weight excluding hydrogens is 192 g/mol. The van der Waals surface area contributed by atoms with Gasteiger partial charge in [0.15, 0.2) is 0 Å². The van der Waals surface area contributed by atoms with E-state index in [1.54, 1.807) is 14.0 Å². The number of carbonyl (C=O) groups excluding carboxylic acids is 2. The Morgan fingerprint density at radius 1 is 1.47 bits per heavy atom. The van der Waals surface area contributed by atoms with Crippen molar-refractivity contribution in [2.24, 2.45) is 0 Å². The topological polar surface area (TPSA) is 49.4 Å². The summed E-state index contributed by atoms with van der Waals surface area (Å²) in [4.78, 5) is 24.0. The van der Waals surface area contributed by atoms with E-state index >= 15 is 0 Å². The van der Waals surface area contributed by atoms with Gasteiger partial charge in [-0.15, -0.1) is 0 Å². The van der Waals surface area contributed by atoms with Crippen molar-refractivity contribution in [1.29, 1.82) is 0 Å². The lowest BCUT2D eigenvalue weighted by molar-refractivity contribution is -0.125. The zero-order valence-electron chi connectivity index (χ0n) is 9.17. The number of carbonyl (C=O) groups is 2. The number of nitrogens with zero attached hydrogens (tertiary/aromatic N) is 1. The van der Waals surface area contributed by atoms with Crippen molar-refractivity contribution in [2.75, 3.05) is 13.6 Å². The average Bonchev–Trinajstić information content (AvgIpc) is 2.98. The van der Waals surface area contributed by atoms with Crippen LogP contribution in [-0.4, -0.2) is 36.3 Å². The van der Waals surface area contributed by atoms with E-state index in [2.05, 4.69) is 17.2 Å². The lowest BCUT2D eigenvalue weighted by atomic mass is 10.3. The van der Waals surface area contributed by atoms with E-state index in [1.165, 1.54) is 4.90 Å². The van der Waals surface area contributed by atoms with Gasteiger partial charge in [-0.05, 0) is 25.7 Å². The minimum atomic E-state index is -0.239. The smallest absolute Gasteiger partial charge is 0.298 e. The van der Waals surface area contributed by atoms with E-state index in [1.807, 2.05) is 0 Å². The first-order valence-corrected chi connectivity index (χ1v) is 5.10. The third-order valence-electron chi connectivity index (χ3n) is 2.20.